The van der Waals surface area contributed by atoms with Crippen molar-refractivity contribution < 1.29 is 41.0 Å². The number of benzene rings is 4. The van der Waals surface area contributed by atoms with Crippen molar-refractivity contribution >= 4 is 28.8 Å². The van der Waals surface area contributed by atoms with Crippen molar-refractivity contribution in [3.8, 4) is 0 Å². The largest absolute Gasteiger partial charge is 0.367 e. The normalized spacial score (nSPS) is 23.5. The average molecular weight is 719 g/mol. The summed E-state index contributed by atoms with van der Waals surface area (Å²) >= 11 is 0. The highest BCUT2D eigenvalue weighted by Crippen LogP contribution is 2.45. The van der Waals surface area contributed by atoms with E-state index in [1.165, 1.54) is 12.1 Å². The van der Waals surface area contributed by atoms with Gasteiger partial charge in [0.1, 0.15) is 25.4 Å². The first-order valence-electron chi connectivity index (χ1n) is 16.8. The van der Waals surface area contributed by atoms with Crippen LogP contribution in [-0.4, -0.2) is 59.8 Å². The van der Waals surface area contributed by atoms with E-state index in [4.69, 9.17) is 32.6 Å². The SMILES string of the molecule is Cc1ccc(S(=O)(=O)OC[C@]2(COO[Si](c3ccccc3)(c3ccccc3)C(C)(C)C)O[C@@H]3OC(C)(C)O[C@@H]3[C@@H]2OCc2ccccc2)cc1. The standard InChI is InChI=1S/C39H46O9SSi/c1-29-22-24-31(25-23-29)49(40,41)44-28-39(35(42-26-30-16-10-7-11-17-30)34-36(47-39)46-38(5,6)45-34)27-43-48-50(37(2,3)4,32-18-12-8-13-19-32)33-20-14-9-15-21-33/h7-25,34-36H,26-28H2,1-6H3/t34-,35+,36+,39+/m1/s1. The smallest absolute Gasteiger partial charge is 0.305 e. The predicted molar refractivity (Wildman–Crippen MR) is 192 cm³/mol. The fourth-order valence-corrected chi connectivity index (χ4v) is 11.7. The third kappa shape index (κ3) is 7.52. The lowest BCUT2D eigenvalue weighted by molar-refractivity contribution is -0.301. The van der Waals surface area contributed by atoms with Crippen molar-refractivity contribution in [1.29, 1.82) is 0 Å². The van der Waals surface area contributed by atoms with Crippen molar-refractivity contribution in [2.75, 3.05) is 13.2 Å². The molecule has 0 bridgehead atoms. The second kappa shape index (κ2) is 14.4. The number of rotatable bonds is 13. The average Bonchev–Trinajstić information content (AvgIpc) is 3.53. The van der Waals surface area contributed by atoms with Gasteiger partial charge in [0.25, 0.3) is 10.1 Å². The van der Waals surface area contributed by atoms with Crippen LogP contribution in [0.1, 0.15) is 45.7 Å². The van der Waals surface area contributed by atoms with Crippen molar-refractivity contribution in [1.82, 2.24) is 0 Å². The Labute approximate surface area is 296 Å². The van der Waals surface area contributed by atoms with Gasteiger partial charge in [-0.15, -0.1) is 0 Å². The van der Waals surface area contributed by atoms with Crippen LogP contribution in [0.2, 0.25) is 5.04 Å². The molecule has 4 aromatic rings. The van der Waals surface area contributed by atoms with Crippen LogP contribution in [0.15, 0.2) is 120 Å². The molecule has 0 radical (unpaired) electrons. The van der Waals surface area contributed by atoms with Crippen LogP contribution in [-0.2, 0) is 49.3 Å². The third-order valence-electron chi connectivity index (χ3n) is 9.20. The summed E-state index contributed by atoms with van der Waals surface area (Å²) in [6, 6.07) is 36.3. The van der Waals surface area contributed by atoms with Gasteiger partial charge in [0.2, 0.25) is 0 Å². The zero-order valence-electron chi connectivity index (χ0n) is 29.4. The van der Waals surface area contributed by atoms with Gasteiger partial charge >= 0.3 is 8.32 Å². The van der Waals surface area contributed by atoms with Gasteiger partial charge in [0.15, 0.2) is 17.7 Å². The zero-order chi connectivity index (χ0) is 35.6. The summed E-state index contributed by atoms with van der Waals surface area (Å²) < 4.78 is 65.4. The molecule has 0 unspecified atom stereocenters. The van der Waals surface area contributed by atoms with Gasteiger partial charge in [-0.3, -0.25) is 8.76 Å². The van der Waals surface area contributed by atoms with E-state index < -0.39 is 54.9 Å². The van der Waals surface area contributed by atoms with Gasteiger partial charge in [-0.1, -0.05) is 129 Å². The maximum atomic E-state index is 13.6. The van der Waals surface area contributed by atoms with E-state index in [1.807, 2.05) is 73.7 Å². The van der Waals surface area contributed by atoms with Crippen LogP contribution in [0.4, 0.5) is 0 Å². The molecule has 6 rings (SSSR count). The minimum atomic E-state index is -4.21. The molecule has 0 N–H and O–H groups in total. The van der Waals surface area contributed by atoms with Gasteiger partial charge in [0.05, 0.1) is 11.5 Å². The summed E-state index contributed by atoms with van der Waals surface area (Å²) in [7, 11) is -7.36. The molecule has 0 aliphatic carbocycles. The summed E-state index contributed by atoms with van der Waals surface area (Å²) in [5.41, 5.74) is 0.317. The number of fused-ring (bicyclic) bond motifs is 1. The van der Waals surface area contributed by atoms with Gasteiger partial charge in [-0.2, -0.15) is 8.42 Å². The molecule has 50 heavy (non-hydrogen) atoms. The molecule has 2 heterocycles. The second-order valence-corrected chi connectivity index (χ2v) is 20.2. The van der Waals surface area contributed by atoms with Gasteiger partial charge in [-0.25, -0.2) is 4.89 Å². The van der Waals surface area contributed by atoms with Crippen molar-refractivity contribution in [3.05, 3.63) is 126 Å². The van der Waals surface area contributed by atoms with E-state index >= 15 is 0 Å². The minimum absolute atomic E-state index is 0.0244. The molecule has 2 saturated heterocycles. The molecule has 0 saturated carbocycles. The number of hydrogen-bond acceptors (Lipinski definition) is 9. The van der Waals surface area contributed by atoms with E-state index in [0.717, 1.165) is 21.5 Å². The van der Waals surface area contributed by atoms with Crippen LogP contribution in [0, 0.1) is 6.92 Å². The lowest BCUT2D eigenvalue weighted by Crippen LogP contribution is -2.67. The molecule has 11 heteroatoms. The fourth-order valence-electron chi connectivity index (χ4n) is 6.70. The molecular weight excluding hydrogens is 673 g/mol. The molecule has 2 fully saturated rings. The lowest BCUT2D eigenvalue weighted by Gasteiger charge is -2.42. The first-order valence-corrected chi connectivity index (χ1v) is 20.1. The van der Waals surface area contributed by atoms with E-state index in [0.29, 0.717) is 0 Å². The minimum Gasteiger partial charge on any atom is -0.367 e. The topological polar surface area (TPSA) is 98.8 Å². The molecule has 266 valence electrons. The van der Waals surface area contributed by atoms with Gasteiger partial charge in [-0.05, 0) is 53.9 Å². The maximum absolute atomic E-state index is 13.6. The third-order valence-corrected chi connectivity index (χ3v) is 15.3. The highest BCUT2D eigenvalue weighted by Gasteiger charge is 2.64. The Morgan fingerprint density at radius 3 is 1.86 bits per heavy atom. The Balaban J connectivity index is 1.37. The Morgan fingerprint density at radius 2 is 1.30 bits per heavy atom. The molecule has 2 aliphatic heterocycles. The van der Waals surface area contributed by atoms with E-state index in [2.05, 4.69) is 45.0 Å². The molecule has 0 aromatic heterocycles. The van der Waals surface area contributed by atoms with E-state index in [-0.39, 0.29) is 23.1 Å². The van der Waals surface area contributed by atoms with E-state index in [9.17, 15) is 8.42 Å². The first-order chi connectivity index (χ1) is 23.7. The highest BCUT2D eigenvalue weighted by molar-refractivity contribution is 7.86. The summed E-state index contributed by atoms with van der Waals surface area (Å²) in [4.78, 5) is 6.40. The van der Waals surface area contributed by atoms with Crippen molar-refractivity contribution in [3.63, 3.8) is 0 Å². The first kappa shape index (κ1) is 36.6. The summed E-state index contributed by atoms with van der Waals surface area (Å²) in [6.07, 6.45) is -2.46. The predicted octanol–water partition coefficient (Wildman–Crippen LogP) is 6.04. The summed E-state index contributed by atoms with van der Waals surface area (Å²) in [5, 5.41) is 1.64. The molecule has 0 amide bonds. The van der Waals surface area contributed by atoms with Crippen LogP contribution < -0.4 is 10.4 Å². The maximum Gasteiger partial charge on any atom is 0.305 e. The Hall–Kier alpha value is -3.23. The highest BCUT2D eigenvalue weighted by atomic mass is 32.2. The Bertz CT molecular complexity index is 1780. The molecule has 4 aromatic carbocycles. The Kier molecular flexibility index (Phi) is 10.5. The van der Waals surface area contributed by atoms with Crippen molar-refractivity contribution in [2.45, 2.75) is 88.0 Å². The number of aryl methyl sites for hydroxylation is 1. The quantitative estimate of drug-likeness (QED) is 0.0710. The van der Waals surface area contributed by atoms with Crippen LogP contribution in [0.5, 0.6) is 0 Å². The Morgan fingerprint density at radius 1 is 0.740 bits per heavy atom. The monoisotopic (exact) mass is 718 g/mol. The molecule has 0 spiro atoms. The summed E-state index contributed by atoms with van der Waals surface area (Å²) in [6.45, 7) is 11.4. The van der Waals surface area contributed by atoms with Crippen LogP contribution in [0.3, 0.4) is 0 Å². The number of ether oxygens (including phenoxy) is 4. The van der Waals surface area contributed by atoms with Crippen LogP contribution in [0.25, 0.3) is 0 Å². The van der Waals surface area contributed by atoms with Gasteiger partial charge < -0.3 is 18.9 Å². The fraction of sp³-hybridized carbons (Fsp3) is 0.385. The molecule has 9 nitrogen and oxygen atoms in total. The molecule has 4 atom stereocenters. The van der Waals surface area contributed by atoms with Gasteiger partial charge in [0, 0.05) is 0 Å². The lowest BCUT2D eigenvalue weighted by atomic mass is 9.96. The molecular formula is C39H46O9SSi. The van der Waals surface area contributed by atoms with Crippen LogP contribution >= 0.6 is 0 Å². The summed E-state index contributed by atoms with van der Waals surface area (Å²) in [5.74, 6) is -0.961. The van der Waals surface area contributed by atoms with Crippen molar-refractivity contribution in [2.24, 2.45) is 0 Å². The zero-order valence-corrected chi connectivity index (χ0v) is 31.2. The second-order valence-electron chi connectivity index (χ2n) is 14.4. The molecule has 2 aliphatic rings. The van der Waals surface area contributed by atoms with E-state index in [1.54, 1.807) is 26.0 Å². The number of hydrogen-bond donors (Lipinski definition) is 0.